The molecule has 0 aromatic heterocycles. The van der Waals surface area contributed by atoms with Crippen molar-refractivity contribution in [3.63, 3.8) is 0 Å². The van der Waals surface area contributed by atoms with Gasteiger partial charge in [0.25, 0.3) is 0 Å². The van der Waals surface area contributed by atoms with Gasteiger partial charge in [0.05, 0.1) is 0 Å². The first kappa shape index (κ1) is 11.5. The summed E-state index contributed by atoms with van der Waals surface area (Å²) in [4.78, 5) is 0. The molecule has 1 N–H and O–H groups in total. The predicted molar refractivity (Wildman–Crippen MR) is 76.7 cm³/mol. The van der Waals surface area contributed by atoms with Crippen molar-refractivity contribution in [1.82, 2.24) is 5.32 Å². The molecule has 18 heavy (non-hydrogen) atoms. The van der Waals surface area contributed by atoms with E-state index in [1.54, 1.807) is 0 Å². The molecule has 1 aliphatic rings. The molecule has 1 heterocycles. The smallest absolute Gasteiger partial charge is 0.000506 e. The van der Waals surface area contributed by atoms with Gasteiger partial charge in [-0.15, -0.1) is 0 Å². The van der Waals surface area contributed by atoms with Crippen molar-refractivity contribution in [2.24, 2.45) is 5.92 Å². The number of nitrogens with one attached hydrogen (secondary N) is 1. The summed E-state index contributed by atoms with van der Waals surface area (Å²) in [5.74, 6) is 0.831. The second kappa shape index (κ2) is 4.95. The molecule has 2 aromatic rings. The molecule has 2 aromatic carbocycles. The van der Waals surface area contributed by atoms with Crippen LogP contribution in [-0.4, -0.2) is 13.1 Å². The number of rotatable bonds is 3. The highest BCUT2D eigenvalue weighted by Gasteiger charge is 2.16. The number of benzene rings is 2. The lowest BCUT2D eigenvalue weighted by atomic mass is 9.92. The highest BCUT2D eigenvalue weighted by Crippen LogP contribution is 2.25. The molecular weight excluding hydrogens is 218 g/mol. The van der Waals surface area contributed by atoms with Crippen LogP contribution >= 0.6 is 0 Å². The Morgan fingerprint density at radius 1 is 1.06 bits per heavy atom. The fourth-order valence-corrected chi connectivity index (χ4v) is 2.59. The van der Waals surface area contributed by atoms with Crippen LogP contribution in [0, 0.1) is 12.8 Å². The van der Waals surface area contributed by atoms with Gasteiger partial charge in [0, 0.05) is 0 Å². The fourth-order valence-electron chi connectivity index (χ4n) is 2.59. The largest absolute Gasteiger partial charge is 0.316 e. The summed E-state index contributed by atoms with van der Waals surface area (Å²) < 4.78 is 0. The molecule has 0 bridgehead atoms. The van der Waals surface area contributed by atoms with E-state index < -0.39 is 0 Å². The minimum atomic E-state index is 0.831. The summed E-state index contributed by atoms with van der Waals surface area (Å²) in [6.45, 7) is 4.53. The van der Waals surface area contributed by atoms with Gasteiger partial charge in [0.2, 0.25) is 0 Å². The molecule has 0 radical (unpaired) electrons. The van der Waals surface area contributed by atoms with Crippen LogP contribution in [0.3, 0.4) is 0 Å². The topological polar surface area (TPSA) is 12.0 Å². The van der Waals surface area contributed by atoms with E-state index in [1.165, 1.54) is 41.8 Å². The molecule has 1 nitrogen and oxygen atoms in total. The van der Waals surface area contributed by atoms with Gasteiger partial charge in [0.15, 0.2) is 0 Å². The average molecular weight is 237 g/mol. The Morgan fingerprint density at radius 3 is 2.61 bits per heavy atom. The monoisotopic (exact) mass is 237 g/mol. The molecule has 0 atom stereocenters. The standard InChI is InChI=1S/C17H19N/c1-13-5-2-3-8-17(13)16-7-4-6-14(10-16)9-15-11-18-12-15/h2-8,10,15,18H,9,11-12H2,1H3. The third kappa shape index (κ3) is 2.32. The van der Waals surface area contributed by atoms with Gasteiger partial charge in [-0.3, -0.25) is 0 Å². The Hall–Kier alpha value is -1.60. The molecule has 1 aliphatic heterocycles. The number of aryl methyl sites for hydroxylation is 1. The van der Waals surface area contributed by atoms with Crippen molar-refractivity contribution in [3.05, 3.63) is 59.7 Å². The van der Waals surface area contributed by atoms with Crippen LogP contribution in [0.15, 0.2) is 48.5 Å². The van der Waals surface area contributed by atoms with Gasteiger partial charge in [-0.2, -0.15) is 0 Å². The van der Waals surface area contributed by atoms with E-state index in [-0.39, 0.29) is 0 Å². The zero-order valence-corrected chi connectivity index (χ0v) is 10.8. The van der Waals surface area contributed by atoms with Crippen LogP contribution in [-0.2, 0) is 6.42 Å². The van der Waals surface area contributed by atoms with Gasteiger partial charge in [0.1, 0.15) is 0 Å². The maximum absolute atomic E-state index is 3.34. The lowest BCUT2D eigenvalue weighted by Crippen LogP contribution is -2.43. The van der Waals surface area contributed by atoms with E-state index in [0.717, 1.165) is 5.92 Å². The van der Waals surface area contributed by atoms with Crippen molar-refractivity contribution in [2.75, 3.05) is 13.1 Å². The fraction of sp³-hybridized carbons (Fsp3) is 0.294. The third-order valence-electron chi connectivity index (χ3n) is 3.77. The van der Waals surface area contributed by atoms with E-state index >= 15 is 0 Å². The Labute approximate surface area is 109 Å². The van der Waals surface area contributed by atoms with E-state index in [0.29, 0.717) is 0 Å². The second-order valence-electron chi connectivity index (χ2n) is 5.24. The molecule has 0 spiro atoms. The van der Waals surface area contributed by atoms with Gasteiger partial charge in [-0.05, 0) is 54.6 Å². The third-order valence-corrected chi connectivity index (χ3v) is 3.77. The van der Waals surface area contributed by atoms with Crippen molar-refractivity contribution in [1.29, 1.82) is 0 Å². The van der Waals surface area contributed by atoms with Crippen molar-refractivity contribution in [2.45, 2.75) is 13.3 Å². The van der Waals surface area contributed by atoms with Gasteiger partial charge >= 0.3 is 0 Å². The quantitative estimate of drug-likeness (QED) is 0.862. The Morgan fingerprint density at radius 2 is 1.89 bits per heavy atom. The van der Waals surface area contributed by atoms with E-state index in [9.17, 15) is 0 Å². The summed E-state index contributed by atoms with van der Waals surface area (Å²) in [6, 6.07) is 17.6. The molecule has 0 amide bonds. The maximum Gasteiger partial charge on any atom is -0.000506 e. The van der Waals surface area contributed by atoms with Gasteiger partial charge in [-0.1, -0.05) is 48.5 Å². The van der Waals surface area contributed by atoms with Gasteiger partial charge < -0.3 is 5.32 Å². The Balaban J connectivity index is 1.88. The summed E-state index contributed by atoms with van der Waals surface area (Å²) in [6.07, 6.45) is 1.20. The van der Waals surface area contributed by atoms with E-state index in [2.05, 4.69) is 60.8 Å². The maximum atomic E-state index is 3.34. The lowest BCUT2D eigenvalue weighted by Gasteiger charge is -2.27. The number of hydrogen-bond donors (Lipinski definition) is 1. The molecule has 1 heteroatoms. The van der Waals surface area contributed by atoms with Crippen LogP contribution in [0.25, 0.3) is 11.1 Å². The number of hydrogen-bond acceptors (Lipinski definition) is 1. The Bertz CT molecular complexity index is 541. The van der Waals surface area contributed by atoms with Crippen LogP contribution in [0.1, 0.15) is 11.1 Å². The summed E-state index contributed by atoms with van der Waals surface area (Å²) in [5.41, 5.74) is 5.51. The molecule has 0 unspecified atom stereocenters. The molecular formula is C17H19N. The summed E-state index contributed by atoms with van der Waals surface area (Å²) in [5, 5.41) is 3.34. The van der Waals surface area contributed by atoms with Crippen molar-refractivity contribution >= 4 is 0 Å². The van der Waals surface area contributed by atoms with Gasteiger partial charge in [-0.25, -0.2) is 0 Å². The lowest BCUT2D eigenvalue weighted by molar-refractivity contribution is 0.346. The summed E-state index contributed by atoms with van der Waals surface area (Å²) >= 11 is 0. The normalized spacial score (nSPS) is 15.4. The molecule has 0 saturated carbocycles. The van der Waals surface area contributed by atoms with Crippen molar-refractivity contribution in [3.8, 4) is 11.1 Å². The zero-order chi connectivity index (χ0) is 12.4. The Kier molecular flexibility index (Phi) is 3.16. The first-order chi connectivity index (χ1) is 8.83. The first-order valence-corrected chi connectivity index (χ1v) is 6.68. The minimum absolute atomic E-state index is 0.831. The van der Waals surface area contributed by atoms with E-state index in [1.807, 2.05) is 0 Å². The van der Waals surface area contributed by atoms with E-state index in [4.69, 9.17) is 0 Å². The van der Waals surface area contributed by atoms with Crippen LogP contribution < -0.4 is 5.32 Å². The minimum Gasteiger partial charge on any atom is -0.316 e. The second-order valence-corrected chi connectivity index (χ2v) is 5.24. The predicted octanol–water partition coefficient (Wildman–Crippen LogP) is 3.42. The molecule has 3 rings (SSSR count). The SMILES string of the molecule is Cc1ccccc1-c1cccc(CC2CNC2)c1. The summed E-state index contributed by atoms with van der Waals surface area (Å²) in [7, 11) is 0. The highest BCUT2D eigenvalue weighted by molar-refractivity contribution is 5.67. The van der Waals surface area contributed by atoms with Crippen molar-refractivity contribution < 1.29 is 0 Å². The molecule has 1 saturated heterocycles. The van der Waals surface area contributed by atoms with Crippen LogP contribution in [0.2, 0.25) is 0 Å². The highest BCUT2D eigenvalue weighted by atomic mass is 14.9. The average Bonchev–Trinajstić information content (AvgIpc) is 2.35. The van der Waals surface area contributed by atoms with Crippen LogP contribution in [0.5, 0.6) is 0 Å². The van der Waals surface area contributed by atoms with Crippen LogP contribution in [0.4, 0.5) is 0 Å². The zero-order valence-electron chi connectivity index (χ0n) is 10.8. The molecule has 1 fully saturated rings. The first-order valence-electron chi connectivity index (χ1n) is 6.68. The molecule has 0 aliphatic carbocycles. The molecule has 92 valence electrons.